The Balaban J connectivity index is 2.04. The van der Waals surface area contributed by atoms with E-state index in [2.05, 4.69) is 9.97 Å². The van der Waals surface area contributed by atoms with Gasteiger partial charge in [0.05, 0.1) is 20.3 Å². The molecule has 0 bridgehead atoms. The maximum atomic E-state index is 12.1. The molecular weight excluding hydrogens is 356 g/mol. The average molecular weight is 373 g/mol. The number of rotatable bonds is 8. The molecule has 1 aromatic heterocycles. The Hall–Kier alpha value is -1.90. The van der Waals surface area contributed by atoms with Gasteiger partial charge < -0.3 is 9.47 Å². The summed E-state index contributed by atoms with van der Waals surface area (Å²) in [6.45, 7) is -0.310. The third-order valence-electron chi connectivity index (χ3n) is 3.03. The second-order valence-corrected chi connectivity index (χ2v) is 6.69. The number of halogens is 1. The van der Waals surface area contributed by atoms with E-state index in [0.717, 1.165) is 5.56 Å². The third kappa shape index (κ3) is 5.33. The number of alkyl halides is 1. The van der Waals surface area contributed by atoms with Crippen LogP contribution in [0.2, 0.25) is 0 Å². The summed E-state index contributed by atoms with van der Waals surface area (Å²) < 4.78 is 39.1. The van der Waals surface area contributed by atoms with Gasteiger partial charge in [0.15, 0.2) is 5.82 Å². The van der Waals surface area contributed by atoms with Crippen molar-refractivity contribution in [3.63, 3.8) is 0 Å². The highest BCUT2D eigenvalue weighted by Crippen LogP contribution is 2.17. The molecule has 2 rings (SSSR count). The predicted molar refractivity (Wildman–Crippen MR) is 88.5 cm³/mol. The predicted octanol–water partition coefficient (Wildman–Crippen LogP) is 2.28. The van der Waals surface area contributed by atoms with Crippen molar-refractivity contribution in [2.45, 2.75) is 18.2 Å². The summed E-state index contributed by atoms with van der Waals surface area (Å²) in [4.78, 5) is 8.03. The third-order valence-corrected chi connectivity index (χ3v) is 4.50. The van der Waals surface area contributed by atoms with Gasteiger partial charge in [-0.2, -0.15) is 18.4 Å². The first-order chi connectivity index (χ1) is 11.5. The van der Waals surface area contributed by atoms with Gasteiger partial charge in [-0.25, -0.2) is 0 Å². The van der Waals surface area contributed by atoms with Crippen LogP contribution in [0.1, 0.15) is 17.0 Å². The molecule has 7 nitrogen and oxygen atoms in total. The molecule has 1 heterocycles. The van der Waals surface area contributed by atoms with Crippen molar-refractivity contribution in [3.8, 4) is 11.8 Å². The molecule has 2 aromatic rings. The lowest BCUT2D eigenvalue weighted by Crippen LogP contribution is -2.11. The number of aromatic nitrogens is 2. The molecule has 0 saturated heterocycles. The van der Waals surface area contributed by atoms with Crippen LogP contribution >= 0.6 is 11.6 Å². The van der Waals surface area contributed by atoms with Crippen molar-refractivity contribution >= 4 is 21.7 Å². The molecule has 0 aliphatic rings. The monoisotopic (exact) mass is 372 g/mol. The Morgan fingerprint density at radius 3 is 2.04 bits per heavy atom. The zero-order valence-electron chi connectivity index (χ0n) is 13.2. The lowest BCUT2D eigenvalue weighted by Gasteiger charge is -2.08. The molecule has 0 amide bonds. The first-order valence-corrected chi connectivity index (χ1v) is 9.04. The van der Waals surface area contributed by atoms with E-state index in [1.54, 1.807) is 24.3 Å². The van der Waals surface area contributed by atoms with Gasteiger partial charge in [-0.1, -0.05) is 24.3 Å². The summed E-state index contributed by atoms with van der Waals surface area (Å²) in [5.41, 5.74) is 1.52. The molecule has 0 aliphatic carbocycles. The Morgan fingerprint density at radius 2 is 1.54 bits per heavy atom. The zero-order valence-corrected chi connectivity index (χ0v) is 14.8. The summed E-state index contributed by atoms with van der Waals surface area (Å²) in [6, 6.07) is 8.42. The van der Waals surface area contributed by atoms with Gasteiger partial charge >= 0.3 is 0 Å². The van der Waals surface area contributed by atoms with E-state index in [1.165, 1.54) is 20.3 Å². The SMILES string of the molecule is COc1cc(OC)nc(COS(=O)(=O)Cc2ccc(CCl)cc2)n1. The quantitative estimate of drug-likeness (QED) is 0.518. The van der Waals surface area contributed by atoms with Gasteiger partial charge in [-0.15, -0.1) is 11.6 Å². The second kappa shape index (κ2) is 8.27. The Labute approximate surface area is 145 Å². The number of nitrogens with zero attached hydrogens (tertiary/aromatic N) is 2. The summed E-state index contributed by atoms with van der Waals surface area (Å²) in [7, 11) is -0.910. The first kappa shape index (κ1) is 18.4. The van der Waals surface area contributed by atoms with Gasteiger partial charge in [-0.3, -0.25) is 4.18 Å². The minimum atomic E-state index is -3.79. The molecule has 1 aromatic carbocycles. The summed E-state index contributed by atoms with van der Waals surface area (Å²) in [5, 5.41) is 0. The average Bonchev–Trinajstić information content (AvgIpc) is 2.60. The van der Waals surface area contributed by atoms with Gasteiger partial charge in [0, 0.05) is 5.88 Å². The number of hydrogen-bond donors (Lipinski definition) is 0. The highest BCUT2D eigenvalue weighted by molar-refractivity contribution is 7.85. The normalized spacial score (nSPS) is 11.3. The summed E-state index contributed by atoms with van der Waals surface area (Å²) in [6.07, 6.45) is 0. The first-order valence-electron chi connectivity index (χ1n) is 6.92. The van der Waals surface area contributed by atoms with Crippen molar-refractivity contribution < 1.29 is 22.1 Å². The van der Waals surface area contributed by atoms with Crippen LogP contribution in [0.5, 0.6) is 11.8 Å². The largest absolute Gasteiger partial charge is 0.481 e. The molecular formula is C15H17ClN2O5S. The lowest BCUT2D eigenvalue weighted by atomic mass is 10.2. The molecule has 9 heteroatoms. The molecule has 0 radical (unpaired) electrons. The van der Waals surface area contributed by atoms with Crippen molar-refractivity contribution in [2.75, 3.05) is 14.2 Å². The summed E-state index contributed by atoms with van der Waals surface area (Å²) >= 11 is 5.70. The number of benzene rings is 1. The van der Waals surface area contributed by atoms with Gasteiger partial charge in [0.25, 0.3) is 10.1 Å². The standard InChI is InChI=1S/C15H17ClN2O5S/c1-21-14-7-15(22-2)18-13(17-14)9-23-24(19,20)10-12-5-3-11(8-16)4-6-12/h3-7H,8-10H2,1-2H3. The Bertz CT molecular complexity index is 759. The second-order valence-electron chi connectivity index (χ2n) is 4.78. The minimum absolute atomic E-state index is 0.146. The highest BCUT2D eigenvalue weighted by atomic mass is 35.5. The van der Waals surface area contributed by atoms with Crippen LogP contribution in [0.3, 0.4) is 0 Å². The zero-order chi connectivity index (χ0) is 17.6. The van der Waals surface area contributed by atoms with Crippen LogP contribution in [0.25, 0.3) is 0 Å². The summed E-state index contributed by atoms with van der Waals surface area (Å²) in [5.74, 6) is 0.783. The van der Waals surface area contributed by atoms with E-state index in [9.17, 15) is 8.42 Å². The van der Waals surface area contributed by atoms with Gasteiger partial charge in [-0.05, 0) is 11.1 Å². The molecule has 130 valence electrons. The van der Waals surface area contributed by atoms with Crippen molar-refractivity contribution in [1.29, 1.82) is 0 Å². The highest BCUT2D eigenvalue weighted by Gasteiger charge is 2.15. The van der Waals surface area contributed by atoms with Crippen molar-refractivity contribution in [3.05, 3.63) is 47.3 Å². The van der Waals surface area contributed by atoms with Gasteiger partial charge in [0.1, 0.15) is 12.4 Å². The van der Waals surface area contributed by atoms with E-state index < -0.39 is 10.1 Å². The number of ether oxygens (including phenoxy) is 2. The Morgan fingerprint density at radius 1 is 1.00 bits per heavy atom. The molecule has 0 atom stereocenters. The maximum absolute atomic E-state index is 12.1. The van der Waals surface area contributed by atoms with Crippen LogP contribution in [0, 0.1) is 0 Å². The van der Waals surface area contributed by atoms with E-state index >= 15 is 0 Å². The molecule has 0 N–H and O–H groups in total. The molecule has 24 heavy (non-hydrogen) atoms. The van der Waals surface area contributed by atoms with Crippen molar-refractivity contribution in [1.82, 2.24) is 9.97 Å². The van der Waals surface area contributed by atoms with E-state index in [4.69, 9.17) is 25.3 Å². The van der Waals surface area contributed by atoms with E-state index in [-0.39, 0.29) is 29.9 Å². The van der Waals surface area contributed by atoms with Crippen molar-refractivity contribution in [2.24, 2.45) is 0 Å². The van der Waals surface area contributed by atoms with E-state index in [0.29, 0.717) is 11.4 Å². The topological polar surface area (TPSA) is 87.6 Å². The molecule has 0 unspecified atom stereocenters. The number of methoxy groups -OCH3 is 2. The van der Waals surface area contributed by atoms with Crippen LogP contribution in [-0.4, -0.2) is 32.6 Å². The fraction of sp³-hybridized carbons (Fsp3) is 0.333. The van der Waals surface area contributed by atoms with E-state index in [1.807, 2.05) is 0 Å². The smallest absolute Gasteiger partial charge is 0.271 e. The molecule has 0 fully saturated rings. The number of hydrogen-bond acceptors (Lipinski definition) is 7. The maximum Gasteiger partial charge on any atom is 0.271 e. The van der Waals surface area contributed by atoms with Gasteiger partial charge in [0.2, 0.25) is 11.8 Å². The fourth-order valence-electron chi connectivity index (χ4n) is 1.84. The van der Waals surface area contributed by atoms with Crippen LogP contribution in [-0.2, 0) is 32.5 Å². The fourth-order valence-corrected chi connectivity index (χ4v) is 2.98. The molecule has 0 spiro atoms. The minimum Gasteiger partial charge on any atom is -0.481 e. The van der Waals surface area contributed by atoms with Crippen LogP contribution < -0.4 is 9.47 Å². The van der Waals surface area contributed by atoms with Crippen LogP contribution in [0.15, 0.2) is 30.3 Å². The Kier molecular flexibility index (Phi) is 6.36. The molecule has 0 aliphatic heterocycles. The molecule has 0 saturated carbocycles. The lowest BCUT2D eigenvalue weighted by molar-refractivity contribution is 0.289. The van der Waals surface area contributed by atoms with Crippen LogP contribution in [0.4, 0.5) is 0 Å².